The van der Waals surface area contributed by atoms with Crippen molar-refractivity contribution in [2.45, 2.75) is 6.61 Å². The second-order valence-corrected chi connectivity index (χ2v) is 7.47. The van der Waals surface area contributed by atoms with Crippen molar-refractivity contribution in [1.29, 1.82) is 5.26 Å². The molecule has 0 aliphatic heterocycles. The normalized spacial score (nSPS) is 11.2. The Balaban J connectivity index is 1.88. The Morgan fingerprint density at radius 3 is 2.07 bits per heavy atom. The fraction of sp³-hybridized carbons (Fsp3) is 0.0455. The van der Waals surface area contributed by atoms with Gasteiger partial charge >= 0.3 is 0 Å². The van der Waals surface area contributed by atoms with Crippen molar-refractivity contribution in [2.75, 3.05) is 0 Å². The molecule has 0 atom stereocenters. The van der Waals surface area contributed by atoms with Gasteiger partial charge in [-0.2, -0.15) is 5.26 Å². The van der Waals surface area contributed by atoms with Crippen molar-refractivity contribution in [3.8, 4) is 11.8 Å². The summed E-state index contributed by atoms with van der Waals surface area (Å²) >= 11 is 25.1. The number of hydrogen-bond donors (Lipinski definition) is 0. The number of allylic oxidation sites excluding steroid dienone is 1. The molecule has 3 rings (SSSR count). The molecule has 28 heavy (non-hydrogen) atoms. The van der Waals surface area contributed by atoms with E-state index in [-0.39, 0.29) is 6.61 Å². The maximum absolute atomic E-state index is 9.51. The van der Waals surface area contributed by atoms with Crippen LogP contribution in [0.5, 0.6) is 5.75 Å². The van der Waals surface area contributed by atoms with E-state index >= 15 is 0 Å². The molecule has 0 saturated heterocycles. The highest BCUT2D eigenvalue weighted by molar-refractivity contribution is 6.37. The zero-order chi connectivity index (χ0) is 20.1. The number of ether oxygens (including phenoxy) is 1. The van der Waals surface area contributed by atoms with E-state index in [0.29, 0.717) is 42.5 Å². The van der Waals surface area contributed by atoms with Crippen molar-refractivity contribution in [3.63, 3.8) is 0 Å². The van der Waals surface area contributed by atoms with Crippen molar-refractivity contribution in [3.05, 3.63) is 97.4 Å². The summed E-state index contributed by atoms with van der Waals surface area (Å²) < 4.78 is 5.77. The standard InChI is InChI=1S/C22H13Cl4NO/c23-18-7-3-1-5-15(18)13-28-22-20(25)10-14(11-21(22)26)9-16(12-27)17-6-2-4-8-19(17)24/h1-11H,13H2. The van der Waals surface area contributed by atoms with Crippen LogP contribution in [0.15, 0.2) is 60.7 Å². The molecule has 0 fully saturated rings. The molecule has 0 saturated carbocycles. The van der Waals surface area contributed by atoms with Gasteiger partial charge < -0.3 is 4.74 Å². The van der Waals surface area contributed by atoms with Gasteiger partial charge in [-0.05, 0) is 35.9 Å². The smallest absolute Gasteiger partial charge is 0.157 e. The van der Waals surface area contributed by atoms with Gasteiger partial charge in [0.25, 0.3) is 0 Å². The first-order valence-electron chi connectivity index (χ1n) is 8.21. The molecule has 0 amide bonds. The third-order valence-electron chi connectivity index (χ3n) is 3.95. The van der Waals surface area contributed by atoms with Gasteiger partial charge in [0.1, 0.15) is 6.61 Å². The average Bonchev–Trinajstić information content (AvgIpc) is 2.67. The van der Waals surface area contributed by atoms with Crippen LogP contribution in [0.2, 0.25) is 20.1 Å². The summed E-state index contributed by atoms with van der Waals surface area (Å²) in [4.78, 5) is 0. The monoisotopic (exact) mass is 447 g/mol. The molecule has 0 spiro atoms. The third kappa shape index (κ3) is 4.82. The van der Waals surface area contributed by atoms with Crippen LogP contribution in [0.3, 0.4) is 0 Å². The molecular weight excluding hydrogens is 436 g/mol. The fourth-order valence-corrected chi connectivity index (χ4v) is 3.62. The SMILES string of the molecule is N#CC(=Cc1cc(Cl)c(OCc2ccccc2Cl)c(Cl)c1)c1ccccc1Cl. The van der Waals surface area contributed by atoms with Crippen molar-refractivity contribution >= 4 is 58.1 Å². The minimum Gasteiger partial charge on any atom is -0.486 e. The molecule has 0 bridgehead atoms. The van der Waals surface area contributed by atoms with E-state index in [1.807, 2.05) is 24.3 Å². The summed E-state index contributed by atoms with van der Waals surface area (Å²) in [5, 5.41) is 11.3. The van der Waals surface area contributed by atoms with Gasteiger partial charge in [0.05, 0.1) is 21.7 Å². The van der Waals surface area contributed by atoms with Gasteiger partial charge in [-0.1, -0.05) is 82.8 Å². The quantitative estimate of drug-likeness (QED) is 0.293. The molecular formula is C22H13Cl4NO. The van der Waals surface area contributed by atoms with E-state index in [9.17, 15) is 5.26 Å². The summed E-state index contributed by atoms with van der Waals surface area (Å²) in [5.74, 6) is 0.358. The Kier molecular flexibility index (Phi) is 6.88. The number of benzene rings is 3. The molecule has 2 nitrogen and oxygen atoms in total. The second kappa shape index (κ2) is 9.37. The lowest BCUT2D eigenvalue weighted by Gasteiger charge is -2.12. The Morgan fingerprint density at radius 1 is 0.857 bits per heavy atom. The average molecular weight is 449 g/mol. The maximum atomic E-state index is 9.51. The topological polar surface area (TPSA) is 33.0 Å². The van der Waals surface area contributed by atoms with Gasteiger partial charge in [-0.3, -0.25) is 0 Å². The van der Waals surface area contributed by atoms with Gasteiger partial charge in [-0.15, -0.1) is 0 Å². The maximum Gasteiger partial charge on any atom is 0.157 e. The first-order chi connectivity index (χ1) is 13.5. The summed E-state index contributed by atoms with van der Waals surface area (Å²) in [5.41, 5.74) is 2.53. The van der Waals surface area contributed by atoms with Gasteiger partial charge in [0.2, 0.25) is 0 Å². The molecule has 0 aromatic heterocycles. The molecule has 0 heterocycles. The summed E-state index contributed by atoms with van der Waals surface area (Å²) in [6.45, 7) is 0.234. The first kappa shape index (κ1) is 20.6. The minimum atomic E-state index is 0.234. The van der Waals surface area contributed by atoms with E-state index < -0.39 is 0 Å². The van der Waals surface area contributed by atoms with Crippen LogP contribution in [0.25, 0.3) is 11.6 Å². The lowest BCUT2D eigenvalue weighted by molar-refractivity contribution is 0.306. The van der Waals surface area contributed by atoms with E-state index in [2.05, 4.69) is 6.07 Å². The Bertz CT molecular complexity index is 1060. The van der Waals surface area contributed by atoms with Crippen LogP contribution in [-0.2, 0) is 6.61 Å². The Labute approximate surface area is 183 Å². The first-order valence-corrected chi connectivity index (χ1v) is 9.72. The largest absolute Gasteiger partial charge is 0.486 e. The van der Waals surface area contributed by atoms with Crippen molar-refractivity contribution in [2.24, 2.45) is 0 Å². The Morgan fingerprint density at radius 2 is 1.46 bits per heavy atom. The number of nitrogens with zero attached hydrogens (tertiary/aromatic N) is 1. The fourth-order valence-electron chi connectivity index (χ4n) is 2.58. The van der Waals surface area contributed by atoms with Crippen LogP contribution in [0, 0.1) is 11.3 Å². The number of halogens is 4. The predicted octanol–water partition coefficient (Wildman–Crippen LogP) is 7.94. The summed E-state index contributed by atoms with van der Waals surface area (Å²) in [7, 11) is 0. The molecule has 0 N–H and O–H groups in total. The molecule has 0 radical (unpaired) electrons. The van der Waals surface area contributed by atoms with Crippen LogP contribution in [-0.4, -0.2) is 0 Å². The van der Waals surface area contributed by atoms with Crippen molar-refractivity contribution in [1.82, 2.24) is 0 Å². The zero-order valence-corrected chi connectivity index (χ0v) is 17.4. The van der Waals surface area contributed by atoms with E-state index in [4.69, 9.17) is 51.1 Å². The minimum absolute atomic E-state index is 0.234. The van der Waals surface area contributed by atoms with Crippen LogP contribution < -0.4 is 4.74 Å². The highest BCUT2D eigenvalue weighted by Gasteiger charge is 2.12. The molecule has 140 valence electrons. The van der Waals surface area contributed by atoms with Crippen LogP contribution >= 0.6 is 46.4 Å². The molecule has 0 aliphatic rings. The van der Waals surface area contributed by atoms with Gasteiger partial charge in [-0.25, -0.2) is 0 Å². The lowest BCUT2D eigenvalue weighted by Crippen LogP contribution is -1.97. The summed E-state index contributed by atoms with van der Waals surface area (Å²) in [6.07, 6.45) is 1.68. The highest BCUT2D eigenvalue weighted by atomic mass is 35.5. The van der Waals surface area contributed by atoms with E-state index in [1.165, 1.54) is 0 Å². The van der Waals surface area contributed by atoms with Crippen molar-refractivity contribution < 1.29 is 4.74 Å². The number of rotatable bonds is 5. The molecule has 6 heteroatoms. The van der Waals surface area contributed by atoms with E-state index in [0.717, 1.165) is 5.56 Å². The lowest BCUT2D eigenvalue weighted by atomic mass is 10.0. The molecule has 0 aliphatic carbocycles. The predicted molar refractivity (Wildman–Crippen MR) is 117 cm³/mol. The third-order valence-corrected chi connectivity index (χ3v) is 5.21. The second-order valence-electron chi connectivity index (χ2n) is 5.84. The number of hydrogen-bond acceptors (Lipinski definition) is 2. The van der Waals surface area contributed by atoms with Gasteiger partial charge in [0.15, 0.2) is 5.75 Å². The molecule has 3 aromatic carbocycles. The van der Waals surface area contributed by atoms with E-state index in [1.54, 1.807) is 42.5 Å². The summed E-state index contributed by atoms with van der Waals surface area (Å²) in [6, 6.07) is 20.0. The highest BCUT2D eigenvalue weighted by Crippen LogP contribution is 2.36. The van der Waals surface area contributed by atoms with Gasteiger partial charge in [0, 0.05) is 21.2 Å². The molecule has 3 aromatic rings. The number of nitriles is 1. The van der Waals surface area contributed by atoms with Crippen LogP contribution in [0.4, 0.5) is 0 Å². The molecule has 0 unspecified atom stereocenters. The zero-order valence-electron chi connectivity index (χ0n) is 14.4. The Hall–Kier alpha value is -2.15. The van der Waals surface area contributed by atoms with Crippen LogP contribution in [0.1, 0.15) is 16.7 Å².